The van der Waals surface area contributed by atoms with Gasteiger partial charge in [0.05, 0.1) is 12.4 Å². The van der Waals surface area contributed by atoms with E-state index in [4.69, 9.17) is 0 Å². The number of pyridine rings is 1. The molecular weight excluding hydrogens is 308 g/mol. The van der Waals surface area contributed by atoms with E-state index in [1.807, 2.05) is 17.8 Å². The lowest BCUT2D eigenvalue weighted by Crippen LogP contribution is -2.40. The second-order valence-electron chi connectivity index (χ2n) is 6.23. The van der Waals surface area contributed by atoms with Gasteiger partial charge < -0.3 is 14.8 Å². The smallest absolute Gasteiger partial charge is 0.251 e. The largest absolute Gasteiger partial charge is 0.347 e. The summed E-state index contributed by atoms with van der Waals surface area (Å²) in [5.74, 6) is 0.0953. The zero-order chi connectivity index (χ0) is 16.7. The summed E-state index contributed by atoms with van der Waals surface area (Å²) in [7, 11) is 4.04. The predicted octanol–water partition coefficient (Wildman–Crippen LogP) is -0.315. The van der Waals surface area contributed by atoms with E-state index in [2.05, 4.69) is 37.8 Å². The van der Waals surface area contributed by atoms with Crippen LogP contribution in [0.4, 0.5) is 0 Å². The molecule has 0 unspecified atom stereocenters. The normalized spacial score (nSPS) is 21.4. The minimum atomic E-state index is -0.118. The van der Waals surface area contributed by atoms with Crippen molar-refractivity contribution < 1.29 is 4.79 Å². The first-order valence-corrected chi connectivity index (χ1v) is 7.75. The molecule has 1 N–H and O–H groups in total. The van der Waals surface area contributed by atoms with Gasteiger partial charge in [0.2, 0.25) is 0 Å². The van der Waals surface area contributed by atoms with Gasteiger partial charge in [0.15, 0.2) is 5.65 Å². The number of carbonyl (C=O) groups excluding carboxylic acids is 1. The summed E-state index contributed by atoms with van der Waals surface area (Å²) in [5.41, 5.74) is 2.23. The number of hydrogen-bond donors (Lipinski definition) is 1. The Morgan fingerprint density at radius 1 is 1.33 bits per heavy atom. The third-order valence-electron chi connectivity index (χ3n) is 4.51. The number of aryl methyl sites for hydroxylation is 1. The summed E-state index contributed by atoms with van der Waals surface area (Å²) in [5, 5.41) is 14.4. The molecule has 24 heavy (non-hydrogen) atoms. The zero-order valence-corrected chi connectivity index (χ0v) is 13.5. The summed E-state index contributed by atoms with van der Waals surface area (Å²) in [6.07, 6.45) is 5.35. The number of nitrogens with one attached hydrogen (secondary N) is 1. The number of hydrogen-bond acceptors (Lipinski definition) is 6. The Bertz CT molecular complexity index is 884. The van der Waals surface area contributed by atoms with Gasteiger partial charge in [-0.3, -0.25) is 4.79 Å². The highest BCUT2D eigenvalue weighted by molar-refractivity contribution is 5.95. The van der Waals surface area contributed by atoms with Crippen molar-refractivity contribution in [2.24, 2.45) is 7.05 Å². The van der Waals surface area contributed by atoms with Crippen molar-refractivity contribution in [1.82, 2.24) is 39.8 Å². The lowest BCUT2D eigenvalue weighted by Gasteiger charge is -2.20. The van der Waals surface area contributed by atoms with Gasteiger partial charge in [0, 0.05) is 49.7 Å². The van der Waals surface area contributed by atoms with Crippen molar-refractivity contribution in [3.05, 3.63) is 42.1 Å². The van der Waals surface area contributed by atoms with E-state index in [0.29, 0.717) is 11.2 Å². The van der Waals surface area contributed by atoms with Gasteiger partial charge >= 0.3 is 0 Å². The number of likely N-dealkylation sites (N-methyl/N-ethyl adjacent to an activating group) is 1. The molecule has 0 aromatic carbocycles. The second kappa shape index (κ2) is 5.68. The molecule has 1 aliphatic heterocycles. The first-order chi connectivity index (χ1) is 11.6. The van der Waals surface area contributed by atoms with Crippen LogP contribution in [0.5, 0.6) is 0 Å². The number of aromatic nitrogens is 6. The van der Waals surface area contributed by atoms with Crippen molar-refractivity contribution in [2.45, 2.75) is 12.0 Å². The van der Waals surface area contributed by atoms with Crippen molar-refractivity contribution in [3.8, 4) is 0 Å². The maximum absolute atomic E-state index is 12.6. The average molecular weight is 326 g/mol. The minimum Gasteiger partial charge on any atom is -0.347 e. The number of amides is 1. The molecule has 2 atom stereocenters. The Hall–Kier alpha value is -2.81. The van der Waals surface area contributed by atoms with Gasteiger partial charge in [-0.05, 0) is 29.6 Å². The SMILES string of the molecule is CN1C[C@@H](NC(=O)c2ccn3nnnc3c2)[C@H](c2cncn2C)C1. The summed E-state index contributed by atoms with van der Waals surface area (Å²) >= 11 is 0. The summed E-state index contributed by atoms with van der Waals surface area (Å²) < 4.78 is 3.54. The lowest BCUT2D eigenvalue weighted by atomic mass is 9.99. The third-order valence-corrected chi connectivity index (χ3v) is 4.51. The van der Waals surface area contributed by atoms with E-state index in [1.54, 1.807) is 24.7 Å². The molecular formula is C15H18N8O. The van der Waals surface area contributed by atoms with E-state index in [0.717, 1.165) is 18.8 Å². The van der Waals surface area contributed by atoms with Crippen molar-refractivity contribution in [2.75, 3.05) is 20.1 Å². The second-order valence-corrected chi connectivity index (χ2v) is 6.23. The Kier molecular flexibility index (Phi) is 3.49. The van der Waals surface area contributed by atoms with Crippen LogP contribution in [-0.2, 0) is 7.05 Å². The van der Waals surface area contributed by atoms with Gasteiger partial charge in [-0.2, -0.15) is 0 Å². The van der Waals surface area contributed by atoms with E-state index < -0.39 is 0 Å². The number of fused-ring (bicyclic) bond motifs is 1. The highest BCUT2D eigenvalue weighted by Gasteiger charge is 2.34. The zero-order valence-electron chi connectivity index (χ0n) is 13.5. The third kappa shape index (κ3) is 2.52. The molecule has 3 aromatic rings. The predicted molar refractivity (Wildman–Crippen MR) is 85.5 cm³/mol. The first-order valence-electron chi connectivity index (χ1n) is 7.75. The molecule has 124 valence electrons. The van der Waals surface area contributed by atoms with Gasteiger partial charge in [0.1, 0.15) is 0 Å². The first kappa shape index (κ1) is 14.8. The van der Waals surface area contributed by atoms with Gasteiger partial charge in [-0.25, -0.2) is 9.50 Å². The monoisotopic (exact) mass is 326 g/mol. The van der Waals surface area contributed by atoms with Crippen LogP contribution < -0.4 is 5.32 Å². The fourth-order valence-electron chi connectivity index (χ4n) is 3.30. The van der Waals surface area contributed by atoms with E-state index in [9.17, 15) is 4.79 Å². The van der Waals surface area contributed by atoms with Crippen LogP contribution in [0.15, 0.2) is 30.9 Å². The topological polar surface area (TPSA) is 93.2 Å². The van der Waals surface area contributed by atoms with Crippen molar-refractivity contribution in [1.29, 1.82) is 0 Å². The summed E-state index contributed by atoms with van der Waals surface area (Å²) in [4.78, 5) is 19.1. The number of carbonyl (C=O) groups is 1. The maximum Gasteiger partial charge on any atom is 0.251 e. The minimum absolute atomic E-state index is 0.0325. The Morgan fingerprint density at radius 3 is 3.00 bits per heavy atom. The van der Waals surface area contributed by atoms with Crippen LogP contribution in [0, 0.1) is 0 Å². The lowest BCUT2D eigenvalue weighted by molar-refractivity contribution is 0.0935. The molecule has 9 heteroatoms. The fraction of sp³-hybridized carbons (Fsp3) is 0.400. The molecule has 3 aromatic heterocycles. The molecule has 4 rings (SSSR count). The quantitative estimate of drug-likeness (QED) is 0.709. The summed E-state index contributed by atoms with van der Waals surface area (Å²) in [6, 6.07) is 3.44. The molecule has 0 saturated carbocycles. The van der Waals surface area contributed by atoms with Gasteiger partial charge in [-0.1, -0.05) is 0 Å². The Balaban J connectivity index is 1.56. The average Bonchev–Trinajstić information content (AvgIpc) is 3.26. The maximum atomic E-state index is 12.6. The van der Waals surface area contributed by atoms with Crippen LogP contribution in [0.3, 0.4) is 0 Å². The Morgan fingerprint density at radius 2 is 2.21 bits per heavy atom. The molecule has 0 bridgehead atoms. The molecule has 1 fully saturated rings. The van der Waals surface area contributed by atoms with E-state index >= 15 is 0 Å². The van der Waals surface area contributed by atoms with E-state index in [1.165, 1.54) is 4.52 Å². The molecule has 4 heterocycles. The van der Waals surface area contributed by atoms with Crippen LogP contribution in [-0.4, -0.2) is 66.6 Å². The van der Waals surface area contributed by atoms with Gasteiger partial charge in [-0.15, -0.1) is 5.10 Å². The number of tetrazole rings is 1. The van der Waals surface area contributed by atoms with Crippen LogP contribution in [0.1, 0.15) is 22.0 Å². The molecule has 9 nitrogen and oxygen atoms in total. The molecule has 0 aliphatic carbocycles. The highest BCUT2D eigenvalue weighted by Crippen LogP contribution is 2.26. The van der Waals surface area contributed by atoms with E-state index in [-0.39, 0.29) is 17.9 Å². The molecule has 1 amide bonds. The Labute approximate surface area is 138 Å². The highest BCUT2D eigenvalue weighted by atomic mass is 16.1. The fourth-order valence-corrected chi connectivity index (χ4v) is 3.30. The van der Waals surface area contributed by atoms with Crippen molar-refractivity contribution in [3.63, 3.8) is 0 Å². The van der Waals surface area contributed by atoms with Crippen LogP contribution in [0.2, 0.25) is 0 Å². The molecule has 0 spiro atoms. The van der Waals surface area contributed by atoms with Crippen molar-refractivity contribution >= 4 is 11.6 Å². The number of imidazole rings is 1. The number of nitrogens with zero attached hydrogens (tertiary/aromatic N) is 7. The standard InChI is InChI=1S/C15H18N8O/c1-21-7-11(13-6-16-9-22(13)2)12(8-21)17-15(24)10-3-4-23-14(5-10)18-19-20-23/h3-6,9,11-12H,7-8H2,1-2H3,(H,17,24)/t11-,12-/m1/s1. The number of rotatable bonds is 3. The van der Waals surface area contributed by atoms with Crippen LogP contribution >= 0.6 is 0 Å². The van der Waals surface area contributed by atoms with Crippen LogP contribution in [0.25, 0.3) is 5.65 Å². The summed E-state index contributed by atoms with van der Waals surface area (Å²) in [6.45, 7) is 1.69. The van der Waals surface area contributed by atoms with Gasteiger partial charge in [0.25, 0.3) is 5.91 Å². The molecule has 0 radical (unpaired) electrons. The number of likely N-dealkylation sites (tertiary alicyclic amines) is 1. The molecule has 1 aliphatic rings. The molecule has 1 saturated heterocycles.